The minimum atomic E-state index is 0.0106. The maximum atomic E-state index is 11.9. The number of rotatable bonds is 7. The molecule has 0 saturated carbocycles. The van der Waals surface area contributed by atoms with Gasteiger partial charge in [-0.25, -0.2) is 0 Å². The van der Waals surface area contributed by atoms with Crippen molar-refractivity contribution in [1.82, 2.24) is 0 Å². The van der Waals surface area contributed by atoms with Crippen LogP contribution in [-0.2, 0) is 9.53 Å². The number of nitrogens with two attached hydrogens (primary N) is 1. The Bertz CT molecular complexity index is 431. The molecule has 2 rings (SSSR count). The molecule has 0 spiro atoms. The first-order valence-corrected chi connectivity index (χ1v) is 7.12. The van der Waals surface area contributed by atoms with Crippen LogP contribution in [0.25, 0.3) is 0 Å². The fraction of sp³-hybridized carbons (Fsp3) is 0.533. The molecule has 1 aromatic carbocycles. The van der Waals surface area contributed by atoms with Gasteiger partial charge in [0, 0.05) is 31.3 Å². The standard InChI is InChI=1S/C15H22N2O3/c16-8-10-20-14-4-1-3-12(11-14)17-15(18)7-6-13-5-2-9-19-13/h1,3-4,11,13H,2,5-10,16H2,(H,17,18). The smallest absolute Gasteiger partial charge is 0.224 e. The van der Waals surface area contributed by atoms with Crippen molar-refractivity contribution < 1.29 is 14.3 Å². The molecule has 1 heterocycles. The zero-order valence-electron chi connectivity index (χ0n) is 11.6. The zero-order chi connectivity index (χ0) is 14.2. The summed E-state index contributed by atoms with van der Waals surface area (Å²) in [6.45, 7) is 1.77. The van der Waals surface area contributed by atoms with Crippen LogP contribution in [0.4, 0.5) is 5.69 Å². The first-order chi connectivity index (χ1) is 9.78. The highest BCUT2D eigenvalue weighted by Crippen LogP contribution is 2.19. The minimum absolute atomic E-state index is 0.0106. The Morgan fingerprint density at radius 3 is 3.15 bits per heavy atom. The largest absolute Gasteiger partial charge is 0.492 e. The van der Waals surface area contributed by atoms with Crippen molar-refractivity contribution in [1.29, 1.82) is 0 Å². The van der Waals surface area contributed by atoms with Crippen LogP contribution >= 0.6 is 0 Å². The zero-order valence-corrected chi connectivity index (χ0v) is 11.6. The van der Waals surface area contributed by atoms with E-state index >= 15 is 0 Å². The van der Waals surface area contributed by atoms with Crippen molar-refractivity contribution in [2.75, 3.05) is 25.1 Å². The lowest BCUT2D eigenvalue weighted by atomic mass is 10.1. The van der Waals surface area contributed by atoms with E-state index in [1.54, 1.807) is 6.07 Å². The number of carbonyl (C=O) groups is 1. The molecule has 1 unspecified atom stereocenters. The van der Waals surface area contributed by atoms with E-state index in [2.05, 4.69) is 5.32 Å². The van der Waals surface area contributed by atoms with Gasteiger partial charge in [-0.15, -0.1) is 0 Å². The third kappa shape index (κ3) is 4.83. The quantitative estimate of drug-likeness (QED) is 0.799. The Balaban J connectivity index is 1.77. The lowest BCUT2D eigenvalue weighted by Crippen LogP contribution is -2.15. The van der Waals surface area contributed by atoms with Gasteiger partial charge in [0.25, 0.3) is 0 Å². The van der Waals surface area contributed by atoms with E-state index in [9.17, 15) is 4.79 Å². The number of anilines is 1. The van der Waals surface area contributed by atoms with Crippen LogP contribution in [0, 0.1) is 0 Å². The molecule has 1 aliphatic heterocycles. The Labute approximate surface area is 119 Å². The molecule has 0 radical (unpaired) electrons. The molecular weight excluding hydrogens is 256 g/mol. The Kier molecular flexibility index (Phi) is 5.83. The predicted octanol–water partition coefficient (Wildman–Crippen LogP) is 1.92. The molecule has 110 valence electrons. The van der Waals surface area contributed by atoms with Crippen LogP contribution in [0.2, 0.25) is 0 Å². The van der Waals surface area contributed by atoms with Crippen LogP contribution in [0.1, 0.15) is 25.7 Å². The molecule has 1 aromatic rings. The predicted molar refractivity (Wildman–Crippen MR) is 77.8 cm³/mol. The SMILES string of the molecule is NCCOc1cccc(NC(=O)CCC2CCCO2)c1. The molecule has 20 heavy (non-hydrogen) atoms. The van der Waals surface area contributed by atoms with Gasteiger partial charge in [-0.2, -0.15) is 0 Å². The first-order valence-electron chi connectivity index (χ1n) is 7.12. The summed E-state index contributed by atoms with van der Waals surface area (Å²) in [7, 11) is 0. The third-order valence-electron chi connectivity index (χ3n) is 3.22. The van der Waals surface area contributed by atoms with Gasteiger partial charge in [-0.3, -0.25) is 4.79 Å². The van der Waals surface area contributed by atoms with E-state index in [1.165, 1.54) is 0 Å². The van der Waals surface area contributed by atoms with Gasteiger partial charge in [-0.1, -0.05) is 6.07 Å². The highest BCUT2D eigenvalue weighted by atomic mass is 16.5. The number of nitrogens with one attached hydrogen (secondary N) is 1. The summed E-state index contributed by atoms with van der Waals surface area (Å²) >= 11 is 0. The fourth-order valence-electron chi connectivity index (χ4n) is 2.23. The van der Waals surface area contributed by atoms with Crippen LogP contribution in [0.5, 0.6) is 5.75 Å². The molecule has 0 aliphatic carbocycles. The van der Waals surface area contributed by atoms with E-state index in [0.717, 1.165) is 31.6 Å². The molecule has 0 bridgehead atoms. The summed E-state index contributed by atoms with van der Waals surface area (Å²) in [6.07, 6.45) is 3.69. The summed E-state index contributed by atoms with van der Waals surface area (Å²) in [4.78, 5) is 11.9. The van der Waals surface area contributed by atoms with Gasteiger partial charge in [-0.05, 0) is 31.4 Å². The fourth-order valence-corrected chi connectivity index (χ4v) is 2.23. The molecule has 5 nitrogen and oxygen atoms in total. The molecule has 1 fully saturated rings. The van der Waals surface area contributed by atoms with E-state index in [1.807, 2.05) is 18.2 Å². The first kappa shape index (κ1) is 14.8. The number of amides is 1. The van der Waals surface area contributed by atoms with E-state index in [0.29, 0.717) is 25.3 Å². The Hall–Kier alpha value is -1.59. The lowest BCUT2D eigenvalue weighted by Gasteiger charge is -2.10. The van der Waals surface area contributed by atoms with Gasteiger partial charge < -0.3 is 20.5 Å². The highest BCUT2D eigenvalue weighted by Gasteiger charge is 2.16. The maximum Gasteiger partial charge on any atom is 0.224 e. The second kappa shape index (κ2) is 7.87. The van der Waals surface area contributed by atoms with Gasteiger partial charge in [0.05, 0.1) is 6.10 Å². The Morgan fingerprint density at radius 1 is 1.50 bits per heavy atom. The normalized spacial score (nSPS) is 17.9. The van der Waals surface area contributed by atoms with Gasteiger partial charge in [0.1, 0.15) is 12.4 Å². The van der Waals surface area contributed by atoms with Crippen molar-refractivity contribution in [3.8, 4) is 5.75 Å². The topological polar surface area (TPSA) is 73.6 Å². The highest BCUT2D eigenvalue weighted by molar-refractivity contribution is 5.90. The Morgan fingerprint density at radius 2 is 2.40 bits per heavy atom. The number of hydrogen-bond donors (Lipinski definition) is 2. The van der Waals surface area contributed by atoms with Crippen LogP contribution in [0.15, 0.2) is 24.3 Å². The lowest BCUT2D eigenvalue weighted by molar-refractivity contribution is -0.116. The number of ether oxygens (including phenoxy) is 2. The van der Waals surface area contributed by atoms with Crippen molar-refractivity contribution >= 4 is 11.6 Å². The second-order valence-corrected chi connectivity index (χ2v) is 4.89. The van der Waals surface area contributed by atoms with Crippen LogP contribution in [-0.4, -0.2) is 31.8 Å². The summed E-state index contributed by atoms with van der Waals surface area (Å²) in [6, 6.07) is 7.35. The van der Waals surface area contributed by atoms with Crippen molar-refractivity contribution in [2.24, 2.45) is 5.73 Å². The monoisotopic (exact) mass is 278 g/mol. The summed E-state index contributed by atoms with van der Waals surface area (Å²) in [5.74, 6) is 0.726. The van der Waals surface area contributed by atoms with Crippen LogP contribution < -0.4 is 15.8 Å². The van der Waals surface area contributed by atoms with Gasteiger partial charge in [0.15, 0.2) is 0 Å². The number of benzene rings is 1. The summed E-state index contributed by atoms with van der Waals surface area (Å²) in [5, 5.41) is 2.88. The van der Waals surface area contributed by atoms with Gasteiger partial charge >= 0.3 is 0 Å². The minimum Gasteiger partial charge on any atom is -0.492 e. The average molecular weight is 278 g/mol. The van der Waals surface area contributed by atoms with E-state index in [-0.39, 0.29) is 12.0 Å². The van der Waals surface area contributed by atoms with Gasteiger partial charge in [0.2, 0.25) is 5.91 Å². The molecule has 1 saturated heterocycles. The molecule has 5 heteroatoms. The molecule has 1 aliphatic rings. The summed E-state index contributed by atoms with van der Waals surface area (Å²) < 4.78 is 10.9. The molecule has 3 N–H and O–H groups in total. The maximum absolute atomic E-state index is 11.9. The molecule has 0 aromatic heterocycles. The number of carbonyl (C=O) groups excluding carboxylic acids is 1. The average Bonchev–Trinajstić information content (AvgIpc) is 2.97. The molecule has 1 amide bonds. The van der Waals surface area contributed by atoms with E-state index < -0.39 is 0 Å². The van der Waals surface area contributed by atoms with Crippen molar-refractivity contribution in [2.45, 2.75) is 31.8 Å². The van der Waals surface area contributed by atoms with Crippen molar-refractivity contribution in [3.63, 3.8) is 0 Å². The molecule has 1 atom stereocenters. The van der Waals surface area contributed by atoms with Crippen LogP contribution in [0.3, 0.4) is 0 Å². The second-order valence-electron chi connectivity index (χ2n) is 4.89. The van der Waals surface area contributed by atoms with Crippen molar-refractivity contribution in [3.05, 3.63) is 24.3 Å². The summed E-state index contributed by atoms with van der Waals surface area (Å²) in [5.41, 5.74) is 6.13. The third-order valence-corrected chi connectivity index (χ3v) is 3.22. The molecular formula is C15H22N2O3. The van der Waals surface area contributed by atoms with E-state index in [4.69, 9.17) is 15.2 Å². The number of hydrogen-bond acceptors (Lipinski definition) is 4.